The van der Waals surface area contributed by atoms with Crippen molar-refractivity contribution in [1.29, 1.82) is 0 Å². The Morgan fingerprint density at radius 2 is 2.08 bits per heavy atom. The zero-order chi connectivity index (χ0) is 8.97. The van der Waals surface area contributed by atoms with E-state index in [0.717, 1.165) is 0 Å². The first kappa shape index (κ1) is 8.45. The number of carboxylic acids is 1. The van der Waals surface area contributed by atoms with Crippen molar-refractivity contribution in [2.75, 3.05) is 0 Å². The average molecular weight is 164 g/mol. The molecular weight excluding hydrogens is 159 g/mol. The quantitative estimate of drug-likeness (QED) is 0.668. The number of para-hydroxylation sites is 1. The summed E-state index contributed by atoms with van der Waals surface area (Å²) in [6, 6.07) is 5.92. The van der Waals surface area contributed by atoms with Crippen LogP contribution in [0.2, 0.25) is 0 Å². The van der Waals surface area contributed by atoms with Crippen molar-refractivity contribution in [2.45, 2.75) is 0 Å². The molecule has 5 heteroatoms. The van der Waals surface area contributed by atoms with Crippen LogP contribution in [0.4, 0.5) is 0 Å². The van der Waals surface area contributed by atoms with Gasteiger partial charge in [-0.3, -0.25) is 0 Å². The maximum absolute atomic E-state index is 10.5. The van der Waals surface area contributed by atoms with Crippen molar-refractivity contribution < 1.29 is 19.3 Å². The van der Waals surface area contributed by atoms with Crippen molar-refractivity contribution >= 4 is 13.3 Å². The molecule has 0 heterocycles. The molecule has 0 saturated carbocycles. The second-order valence-electron chi connectivity index (χ2n) is 2.02. The molecule has 0 spiro atoms. The molecule has 1 N–H and O–H groups in total. The van der Waals surface area contributed by atoms with Crippen LogP contribution in [0.5, 0.6) is 5.75 Å². The van der Waals surface area contributed by atoms with Gasteiger partial charge in [0.1, 0.15) is 0 Å². The second-order valence-corrected chi connectivity index (χ2v) is 2.02. The third-order valence-corrected chi connectivity index (χ3v) is 1.29. The third-order valence-electron chi connectivity index (χ3n) is 1.29. The fourth-order valence-corrected chi connectivity index (χ4v) is 0.798. The van der Waals surface area contributed by atoms with Crippen LogP contribution in [-0.2, 0) is 4.70 Å². The maximum atomic E-state index is 10.5. The molecule has 0 unspecified atom stereocenters. The number of hydrogen-bond acceptors (Lipinski definition) is 3. The Kier molecular flexibility index (Phi) is 2.58. The SMILES string of the molecule is O=BOc1ccccc1C(=O)O. The van der Waals surface area contributed by atoms with E-state index in [4.69, 9.17) is 5.11 Å². The van der Waals surface area contributed by atoms with Gasteiger partial charge in [0.15, 0.2) is 0 Å². The van der Waals surface area contributed by atoms with Crippen LogP contribution < -0.4 is 4.65 Å². The molecule has 0 aliphatic rings. The number of carbonyl (C=O) groups is 1. The molecule has 4 nitrogen and oxygen atoms in total. The molecule has 0 aromatic heterocycles. The molecule has 1 aromatic rings. The molecule has 60 valence electrons. The number of hydrogen-bond donors (Lipinski definition) is 1. The van der Waals surface area contributed by atoms with Gasteiger partial charge in [0.05, 0.1) is 0 Å². The minimum atomic E-state index is -1.12. The van der Waals surface area contributed by atoms with Gasteiger partial charge in [-0.2, -0.15) is 0 Å². The Hall–Kier alpha value is -1.65. The van der Waals surface area contributed by atoms with Gasteiger partial charge in [-0.15, -0.1) is 0 Å². The van der Waals surface area contributed by atoms with Gasteiger partial charge in [-0.25, -0.2) is 0 Å². The van der Waals surface area contributed by atoms with Crippen molar-refractivity contribution in [1.82, 2.24) is 0 Å². The van der Waals surface area contributed by atoms with Crippen molar-refractivity contribution in [2.24, 2.45) is 0 Å². The molecule has 0 atom stereocenters. The van der Waals surface area contributed by atoms with Gasteiger partial charge in [0, 0.05) is 0 Å². The summed E-state index contributed by atoms with van der Waals surface area (Å²) in [5, 5.41) is 8.60. The predicted octanol–water partition coefficient (Wildman–Crippen LogP) is 0.728. The van der Waals surface area contributed by atoms with Gasteiger partial charge >= 0.3 is 68.2 Å². The van der Waals surface area contributed by atoms with E-state index in [1.54, 1.807) is 12.1 Å². The molecule has 1 rings (SSSR count). The molecule has 0 aliphatic carbocycles. The van der Waals surface area contributed by atoms with Crippen LogP contribution in [0.1, 0.15) is 10.4 Å². The molecule has 0 bridgehead atoms. The van der Waals surface area contributed by atoms with Crippen LogP contribution in [0.15, 0.2) is 24.3 Å². The average Bonchev–Trinajstić information content (AvgIpc) is 2.05. The van der Waals surface area contributed by atoms with Crippen molar-refractivity contribution in [3.8, 4) is 5.75 Å². The Balaban J connectivity index is 3.07. The summed E-state index contributed by atoms with van der Waals surface area (Å²) in [4.78, 5) is 10.5. The van der Waals surface area contributed by atoms with Crippen LogP contribution in [0, 0.1) is 0 Å². The summed E-state index contributed by atoms with van der Waals surface area (Å²) in [7, 11) is 0.196. The van der Waals surface area contributed by atoms with E-state index >= 15 is 0 Å². The standard InChI is InChI=1S/C7H5BO4/c9-7(10)5-3-1-2-4-6(5)12-8-11/h1-4H,(H,9,10). The zero-order valence-corrected chi connectivity index (χ0v) is 6.06. The molecule has 0 fully saturated rings. The van der Waals surface area contributed by atoms with Crippen molar-refractivity contribution in [3.63, 3.8) is 0 Å². The monoisotopic (exact) mass is 164 g/mol. The Bertz CT molecular complexity index is 310. The Labute approximate surface area is 69.1 Å². The Morgan fingerprint density at radius 3 is 2.67 bits per heavy atom. The van der Waals surface area contributed by atoms with Crippen molar-refractivity contribution in [3.05, 3.63) is 29.8 Å². The van der Waals surface area contributed by atoms with E-state index in [9.17, 15) is 9.50 Å². The number of rotatable bonds is 3. The first-order valence-electron chi connectivity index (χ1n) is 3.18. The van der Waals surface area contributed by atoms with E-state index in [0.29, 0.717) is 0 Å². The fourth-order valence-electron chi connectivity index (χ4n) is 0.798. The molecule has 1 aromatic carbocycles. The van der Waals surface area contributed by atoms with E-state index in [2.05, 4.69) is 4.65 Å². The molecule has 12 heavy (non-hydrogen) atoms. The second kappa shape index (κ2) is 3.66. The number of carboxylic acid groups (broad SMARTS) is 1. The summed E-state index contributed by atoms with van der Waals surface area (Å²) in [6.45, 7) is 0. The van der Waals surface area contributed by atoms with Gasteiger partial charge in [0.25, 0.3) is 0 Å². The predicted molar refractivity (Wildman–Crippen MR) is 40.5 cm³/mol. The normalized spacial score (nSPS) is 8.67. The summed E-state index contributed by atoms with van der Waals surface area (Å²) in [5.74, 6) is -1.06. The molecule has 0 radical (unpaired) electrons. The van der Waals surface area contributed by atoms with Gasteiger partial charge in [-0.05, 0) is 0 Å². The first-order valence-corrected chi connectivity index (χ1v) is 3.18. The van der Waals surface area contributed by atoms with Crippen LogP contribution >= 0.6 is 0 Å². The first-order chi connectivity index (χ1) is 5.75. The van der Waals surface area contributed by atoms with Gasteiger partial charge in [0.2, 0.25) is 0 Å². The van der Waals surface area contributed by atoms with Crippen LogP contribution in [-0.4, -0.2) is 18.4 Å². The molecule has 0 amide bonds. The fraction of sp³-hybridized carbons (Fsp3) is 0. The van der Waals surface area contributed by atoms with E-state index in [-0.39, 0.29) is 18.7 Å². The van der Waals surface area contributed by atoms with Gasteiger partial charge < -0.3 is 0 Å². The zero-order valence-electron chi connectivity index (χ0n) is 6.06. The van der Waals surface area contributed by atoms with E-state index < -0.39 is 5.97 Å². The Morgan fingerprint density at radius 1 is 1.42 bits per heavy atom. The van der Waals surface area contributed by atoms with E-state index in [1.807, 2.05) is 0 Å². The third kappa shape index (κ3) is 1.69. The number of benzene rings is 1. The number of aromatic carboxylic acids is 1. The summed E-state index contributed by atoms with van der Waals surface area (Å²) >= 11 is 0. The summed E-state index contributed by atoms with van der Waals surface area (Å²) < 4.78 is 14.4. The molecule has 0 saturated heterocycles. The minimum absolute atomic E-state index is 0.0235. The van der Waals surface area contributed by atoms with Crippen LogP contribution in [0.3, 0.4) is 0 Å². The molecular formula is C7H5BO4. The van der Waals surface area contributed by atoms with Gasteiger partial charge in [-0.1, -0.05) is 0 Å². The molecule has 0 aliphatic heterocycles. The summed E-state index contributed by atoms with van der Waals surface area (Å²) in [5.41, 5.74) is -0.0235. The van der Waals surface area contributed by atoms with E-state index in [1.165, 1.54) is 12.1 Å². The van der Waals surface area contributed by atoms with Crippen LogP contribution in [0.25, 0.3) is 0 Å². The summed E-state index contributed by atoms with van der Waals surface area (Å²) in [6.07, 6.45) is 0. The topological polar surface area (TPSA) is 63.6 Å².